The Bertz CT molecular complexity index is 305. The molecule has 5 heteroatoms. The third-order valence-corrected chi connectivity index (χ3v) is 3.55. The summed E-state index contributed by atoms with van der Waals surface area (Å²) < 4.78 is 0. The average Bonchev–Trinajstić information content (AvgIpc) is 2.27. The first-order valence-corrected chi connectivity index (χ1v) is 6.65. The summed E-state index contributed by atoms with van der Waals surface area (Å²) in [5.41, 5.74) is 0. The zero-order chi connectivity index (χ0) is 13.7. The van der Waals surface area contributed by atoms with Crippen LogP contribution in [0.25, 0.3) is 0 Å². The molecule has 0 aromatic heterocycles. The average molecular weight is 256 g/mol. The Morgan fingerprint density at radius 3 is 2.56 bits per heavy atom. The Labute approximate surface area is 109 Å². The lowest BCUT2D eigenvalue weighted by atomic mass is 10.0. The minimum Gasteiger partial charge on any atom is -0.480 e. The Morgan fingerprint density at radius 1 is 1.39 bits per heavy atom. The topological polar surface area (TPSA) is 60.9 Å². The van der Waals surface area contributed by atoms with Gasteiger partial charge in [-0.3, -0.25) is 14.5 Å². The van der Waals surface area contributed by atoms with E-state index in [-0.39, 0.29) is 24.5 Å². The van der Waals surface area contributed by atoms with Crippen LogP contribution in [0.3, 0.4) is 0 Å². The summed E-state index contributed by atoms with van der Waals surface area (Å²) in [5.74, 6) is -0.715. The molecule has 1 heterocycles. The summed E-state index contributed by atoms with van der Waals surface area (Å²) in [4.78, 5) is 26.2. The quantitative estimate of drug-likeness (QED) is 0.802. The highest BCUT2D eigenvalue weighted by molar-refractivity contribution is 5.73. The molecule has 0 aromatic rings. The van der Waals surface area contributed by atoms with Gasteiger partial charge >= 0.3 is 5.97 Å². The van der Waals surface area contributed by atoms with E-state index >= 15 is 0 Å². The van der Waals surface area contributed by atoms with Gasteiger partial charge < -0.3 is 10.0 Å². The molecule has 0 radical (unpaired) electrons. The van der Waals surface area contributed by atoms with Crippen molar-refractivity contribution >= 4 is 11.9 Å². The molecule has 1 N–H and O–H groups in total. The second kappa shape index (κ2) is 6.73. The third kappa shape index (κ3) is 4.29. The number of hydrogen-bond acceptors (Lipinski definition) is 3. The first-order valence-electron chi connectivity index (χ1n) is 6.65. The number of carboxylic acid groups (broad SMARTS) is 1. The van der Waals surface area contributed by atoms with Crippen LogP contribution >= 0.6 is 0 Å². The van der Waals surface area contributed by atoms with Crippen LogP contribution < -0.4 is 0 Å². The van der Waals surface area contributed by atoms with Crippen LogP contribution in [0.15, 0.2) is 0 Å². The fourth-order valence-corrected chi connectivity index (χ4v) is 2.51. The van der Waals surface area contributed by atoms with Gasteiger partial charge in [0.2, 0.25) is 5.91 Å². The van der Waals surface area contributed by atoms with Crippen molar-refractivity contribution in [3.63, 3.8) is 0 Å². The molecule has 1 aliphatic heterocycles. The number of likely N-dealkylation sites (tertiary alicyclic amines) is 1. The monoisotopic (exact) mass is 256 g/mol. The zero-order valence-electron chi connectivity index (χ0n) is 11.6. The highest BCUT2D eigenvalue weighted by Crippen LogP contribution is 2.18. The minimum atomic E-state index is -0.811. The summed E-state index contributed by atoms with van der Waals surface area (Å²) in [7, 11) is 0. The van der Waals surface area contributed by atoms with E-state index in [9.17, 15) is 9.59 Å². The molecule has 1 unspecified atom stereocenters. The van der Waals surface area contributed by atoms with Crippen molar-refractivity contribution < 1.29 is 14.7 Å². The molecule has 1 fully saturated rings. The van der Waals surface area contributed by atoms with E-state index in [4.69, 9.17) is 5.11 Å². The molecule has 0 saturated carbocycles. The van der Waals surface area contributed by atoms with Gasteiger partial charge in [0.25, 0.3) is 0 Å². The van der Waals surface area contributed by atoms with Crippen molar-refractivity contribution in [2.24, 2.45) is 0 Å². The molecule has 1 saturated heterocycles. The lowest BCUT2D eigenvalue weighted by molar-refractivity contribution is -0.139. The maximum atomic E-state index is 11.6. The predicted octanol–water partition coefficient (Wildman–Crippen LogP) is 1.18. The van der Waals surface area contributed by atoms with E-state index in [1.165, 1.54) is 0 Å². The number of hydrogen-bond donors (Lipinski definition) is 1. The molecule has 0 aliphatic carbocycles. The maximum Gasteiger partial charge on any atom is 0.317 e. The smallest absolute Gasteiger partial charge is 0.317 e. The van der Waals surface area contributed by atoms with Crippen LogP contribution in [0.4, 0.5) is 0 Å². The van der Waals surface area contributed by atoms with Crippen molar-refractivity contribution in [1.29, 1.82) is 0 Å². The van der Waals surface area contributed by atoms with Gasteiger partial charge in [0, 0.05) is 32.1 Å². The van der Waals surface area contributed by atoms with Crippen molar-refractivity contribution in [2.45, 2.75) is 52.1 Å². The Kier molecular flexibility index (Phi) is 5.59. The normalized spacial score (nSPS) is 20.5. The van der Waals surface area contributed by atoms with Gasteiger partial charge in [-0.2, -0.15) is 0 Å². The number of carbonyl (C=O) groups is 2. The van der Waals surface area contributed by atoms with Gasteiger partial charge in [0.15, 0.2) is 0 Å². The number of carboxylic acids is 1. The fraction of sp³-hybridized carbons (Fsp3) is 0.846. The van der Waals surface area contributed by atoms with Gasteiger partial charge in [0.1, 0.15) is 0 Å². The second-order valence-corrected chi connectivity index (χ2v) is 5.28. The number of aliphatic carboxylic acids is 1. The van der Waals surface area contributed by atoms with Crippen molar-refractivity contribution in [3.8, 4) is 0 Å². The van der Waals surface area contributed by atoms with Gasteiger partial charge in [-0.1, -0.05) is 0 Å². The minimum absolute atomic E-state index is 0.0416. The first kappa shape index (κ1) is 15.0. The zero-order valence-corrected chi connectivity index (χ0v) is 11.6. The largest absolute Gasteiger partial charge is 0.480 e. The van der Waals surface area contributed by atoms with E-state index in [1.807, 2.05) is 23.6 Å². The van der Waals surface area contributed by atoms with E-state index in [2.05, 4.69) is 0 Å². The number of piperidine rings is 1. The van der Waals surface area contributed by atoms with Crippen LogP contribution in [-0.4, -0.2) is 58.5 Å². The van der Waals surface area contributed by atoms with Crippen molar-refractivity contribution in [2.75, 3.05) is 19.6 Å². The molecule has 5 nitrogen and oxygen atoms in total. The molecule has 0 bridgehead atoms. The van der Waals surface area contributed by atoms with Crippen LogP contribution in [0, 0.1) is 0 Å². The molecule has 0 spiro atoms. The van der Waals surface area contributed by atoms with Crippen molar-refractivity contribution in [3.05, 3.63) is 0 Å². The van der Waals surface area contributed by atoms with Gasteiger partial charge in [-0.05, 0) is 33.1 Å². The fourth-order valence-electron chi connectivity index (χ4n) is 2.51. The molecule has 18 heavy (non-hydrogen) atoms. The van der Waals surface area contributed by atoms with Crippen LogP contribution in [0.1, 0.15) is 40.0 Å². The standard InChI is InChI=1S/C13H24N2O3/c1-10(2)14(9-13(17)18)8-12-6-4-5-7-15(12)11(3)16/h10,12H,4-9H2,1-3H3,(H,17,18). The lowest BCUT2D eigenvalue weighted by Gasteiger charge is -2.39. The summed E-state index contributed by atoms with van der Waals surface area (Å²) >= 11 is 0. The first-order chi connectivity index (χ1) is 8.41. The second-order valence-electron chi connectivity index (χ2n) is 5.28. The molecule has 1 aliphatic rings. The Morgan fingerprint density at radius 2 is 2.06 bits per heavy atom. The Hall–Kier alpha value is -1.10. The highest BCUT2D eigenvalue weighted by atomic mass is 16.4. The van der Waals surface area contributed by atoms with E-state index in [0.29, 0.717) is 6.54 Å². The number of amides is 1. The molecular weight excluding hydrogens is 232 g/mol. The molecule has 1 rings (SSSR count). The maximum absolute atomic E-state index is 11.6. The summed E-state index contributed by atoms with van der Waals surface area (Å²) in [6, 6.07) is 0.342. The third-order valence-electron chi connectivity index (χ3n) is 3.55. The highest BCUT2D eigenvalue weighted by Gasteiger charge is 2.27. The van der Waals surface area contributed by atoms with Crippen LogP contribution in [0.2, 0.25) is 0 Å². The van der Waals surface area contributed by atoms with E-state index in [1.54, 1.807) is 6.92 Å². The van der Waals surface area contributed by atoms with Gasteiger partial charge in [-0.15, -0.1) is 0 Å². The number of carbonyl (C=O) groups excluding carboxylic acids is 1. The van der Waals surface area contributed by atoms with E-state index < -0.39 is 5.97 Å². The number of rotatable bonds is 5. The number of nitrogens with zero attached hydrogens (tertiary/aromatic N) is 2. The van der Waals surface area contributed by atoms with E-state index in [0.717, 1.165) is 25.8 Å². The summed E-state index contributed by atoms with van der Waals surface area (Å²) in [6.45, 7) is 7.07. The summed E-state index contributed by atoms with van der Waals surface area (Å²) in [6.07, 6.45) is 3.15. The summed E-state index contributed by atoms with van der Waals surface area (Å²) in [5, 5.41) is 8.92. The molecule has 104 valence electrons. The molecule has 1 amide bonds. The predicted molar refractivity (Wildman–Crippen MR) is 69.4 cm³/mol. The SMILES string of the molecule is CC(=O)N1CCCCC1CN(CC(=O)O)C(C)C. The van der Waals surface area contributed by atoms with Gasteiger partial charge in [0.05, 0.1) is 6.54 Å². The van der Waals surface area contributed by atoms with Gasteiger partial charge in [-0.25, -0.2) is 0 Å². The molecular formula is C13H24N2O3. The van der Waals surface area contributed by atoms with Crippen LogP contribution in [0.5, 0.6) is 0 Å². The lowest BCUT2D eigenvalue weighted by Crippen LogP contribution is -2.51. The van der Waals surface area contributed by atoms with Crippen molar-refractivity contribution in [1.82, 2.24) is 9.80 Å². The Balaban J connectivity index is 2.65. The molecule has 1 atom stereocenters. The molecule has 0 aromatic carbocycles. The van der Waals surface area contributed by atoms with Crippen LogP contribution in [-0.2, 0) is 9.59 Å².